The number of nitrogens with two attached hydrogens (primary N) is 2. The molecule has 0 radical (unpaired) electrons. The molecule has 23 heavy (non-hydrogen) atoms. The first kappa shape index (κ1) is 14.9. The summed E-state index contributed by atoms with van der Waals surface area (Å²) in [5.74, 6) is 0.155. The number of amidine groups is 1. The van der Waals surface area contributed by atoms with E-state index in [1.165, 1.54) is 6.20 Å². The maximum atomic E-state index is 7.30. The molecule has 7 nitrogen and oxygen atoms in total. The molecule has 0 spiro atoms. The lowest BCUT2D eigenvalue weighted by atomic mass is 10.1. The lowest BCUT2D eigenvalue weighted by Gasteiger charge is -2.04. The Hall–Kier alpha value is -3.06. The topological polar surface area (TPSA) is 126 Å². The minimum atomic E-state index is -0.106. The van der Waals surface area contributed by atoms with Crippen molar-refractivity contribution in [2.24, 2.45) is 16.0 Å². The van der Waals surface area contributed by atoms with E-state index in [1.54, 1.807) is 30.5 Å². The predicted molar refractivity (Wildman–Crippen MR) is 90.6 cm³/mol. The van der Waals surface area contributed by atoms with Gasteiger partial charge in [0.05, 0.1) is 6.20 Å². The van der Waals surface area contributed by atoms with Crippen molar-refractivity contribution in [3.8, 4) is 0 Å². The van der Waals surface area contributed by atoms with Gasteiger partial charge in [-0.3, -0.25) is 10.4 Å². The van der Waals surface area contributed by atoms with Gasteiger partial charge in [-0.1, -0.05) is 17.7 Å². The first-order valence-corrected chi connectivity index (χ1v) is 6.98. The number of aromatic nitrogens is 2. The number of halogens is 1. The van der Waals surface area contributed by atoms with Gasteiger partial charge in [-0.15, -0.1) is 10.2 Å². The van der Waals surface area contributed by atoms with Crippen LogP contribution < -0.4 is 11.5 Å². The molecule has 0 saturated heterocycles. The molecule has 8 heteroatoms. The summed E-state index contributed by atoms with van der Waals surface area (Å²) in [6, 6.07) is 8.63. The standard InChI is InChI=1S/C15H12ClN7/c16-9-2-1-8-6-21-15(19)13(11(8)5-9)23-22-10-3-4-12(14(17)18)20-7-10/h1-7H,(H3,17,18)(H2,19,21). The number of fused-ring (bicyclic) bond motifs is 1. The van der Waals surface area contributed by atoms with E-state index in [0.29, 0.717) is 22.1 Å². The number of pyridine rings is 2. The lowest BCUT2D eigenvalue weighted by Crippen LogP contribution is -2.12. The zero-order valence-electron chi connectivity index (χ0n) is 11.9. The van der Waals surface area contributed by atoms with Crippen LogP contribution in [0.2, 0.25) is 5.02 Å². The third-order valence-corrected chi connectivity index (χ3v) is 3.38. The van der Waals surface area contributed by atoms with E-state index in [-0.39, 0.29) is 11.7 Å². The number of rotatable bonds is 3. The summed E-state index contributed by atoms with van der Waals surface area (Å²) in [7, 11) is 0. The van der Waals surface area contributed by atoms with Crippen molar-refractivity contribution >= 4 is 45.4 Å². The van der Waals surface area contributed by atoms with Gasteiger partial charge in [-0.05, 0) is 24.3 Å². The summed E-state index contributed by atoms with van der Waals surface area (Å²) < 4.78 is 0. The van der Waals surface area contributed by atoms with Crippen LogP contribution in [0.25, 0.3) is 10.8 Å². The second-order valence-corrected chi connectivity index (χ2v) is 5.18. The lowest BCUT2D eigenvalue weighted by molar-refractivity contribution is 1.18. The molecule has 3 aromatic rings. The molecule has 0 fully saturated rings. The summed E-state index contributed by atoms with van der Waals surface area (Å²) in [6.07, 6.45) is 3.13. The van der Waals surface area contributed by atoms with Gasteiger partial charge in [0.2, 0.25) is 0 Å². The molecule has 114 valence electrons. The molecular weight excluding hydrogens is 314 g/mol. The number of anilines is 1. The monoisotopic (exact) mass is 325 g/mol. The average Bonchev–Trinajstić information content (AvgIpc) is 2.54. The summed E-state index contributed by atoms with van der Waals surface area (Å²) >= 11 is 6.03. The van der Waals surface area contributed by atoms with Crippen molar-refractivity contribution in [1.82, 2.24) is 9.97 Å². The number of nitrogen functional groups attached to an aromatic ring is 2. The van der Waals surface area contributed by atoms with Gasteiger partial charge in [0.1, 0.15) is 22.9 Å². The van der Waals surface area contributed by atoms with E-state index < -0.39 is 0 Å². The van der Waals surface area contributed by atoms with Crippen LogP contribution in [0.4, 0.5) is 17.2 Å². The highest BCUT2D eigenvalue weighted by molar-refractivity contribution is 6.31. The molecule has 3 rings (SSSR count). The Balaban J connectivity index is 2.01. The summed E-state index contributed by atoms with van der Waals surface area (Å²) in [5.41, 5.74) is 12.6. The van der Waals surface area contributed by atoms with E-state index in [4.69, 9.17) is 28.5 Å². The van der Waals surface area contributed by atoms with E-state index in [0.717, 1.165) is 10.8 Å². The van der Waals surface area contributed by atoms with Crippen molar-refractivity contribution in [3.05, 3.63) is 53.4 Å². The molecule has 2 heterocycles. The summed E-state index contributed by atoms with van der Waals surface area (Å²) in [4.78, 5) is 8.13. The fraction of sp³-hybridized carbons (Fsp3) is 0. The summed E-state index contributed by atoms with van der Waals surface area (Å²) in [5, 5.41) is 17.8. The molecule has 0 bridgehead atoms. The zero-order chi connectivity index (χ0) is 16.4. The maximum Gasteiger partial charge on any atom is 0.151 e. The van der Waals surface area contributed by atoms with Crippen LogP contribution >= 0.6 is 11.6 Å². The molecule has 0 aliphatic carbocycles. The smallest absolute Gasteiger partial charge is 0.151 e. The van der Waals surface area contributed by atoms with Gasteiger partial charge >= 0.3 is 0 Å². The largest absolute Gasteiger partial charge is 0.382 e. The number of azo groups is 1. The molecule has 0 atom stereocenters. The van der Waals surface area contributed by atoms with Gasteiger partial charge in [0.15, 0.2) is 5.82 Å². The van der Waals surface area contributed by atoms with Gasteiger partial charge in [-0.25, -0.2) is 4.98 Å². The number of hydrogen-bond donors (Lipinski definition) is 3. The Morgan fingerprint density at radius 1 is 1.09 bits per heavy atom. The van der Waals surface area contributed by atoms with Crippen LogP contribution in [0.15, 0.2) is 53.0 Å². The van der Waals surface area contributed by atoms with Gasteiger partial charge in [-0.2, -0.15) is 0 Å². The SMILES string of the molecule is N=C(N)c1ccc(N=Nc2c(N)ncc3ccc(Cl)cc23)cn1. The van der Waals surface area contributed by atoms with Crippen LogP contribution in [0.5, 0.6) is 0 Å². The third kappa shape index (κ3) is 3.09. The highest BCUT2D eigenvalue weighted by atomic mass is 35.5. The maximum absolute atomic E-state index is 7.30. The average molecular weight is 326 g/mol. The molecular formula is C15H12ClN7. The third-order valence-electron chi connectivity index (χ3n) is 3.15. The Morgan fingerprint density at radius 2 is 1.91 bits per heavy atom. The Morgan fingerprint density at radius 3 is 2.61 bits per heavy atom. The normalized spacial score (nSPS) is 11.2. The van der Waals surface area contributed by atoms with Crippen LogP contribution in [0.3, 0.4) is 0 Å². The molecule has 0 aliphatic rings. The quantitative estimate of drug-likeness (QED) is 0.386. The number of benzene rings is 1. The van der Waals surface area contributed by atoms with Crippen molar-refractivity contribution in [2.75, 3.05) is 5.73 Å². The number of hydrogen-bond acceptors (Lipinski definition) is 6. The highest BCUT2D eigenvalue weighted by Gasteiger charge is 2.07. The van der Waals surface area contributed by atoms with E-state index >= 15 is 0 Å². The minimum Gasteiger partial charge on any atom is -0.382 e. The van der Waals surface area contributed by atoms with E-state index in [1.807, 2.05) is 6.07 Å². The van der Waals surface area contributed by atoms with Gasteiger partial charge in [0.25, 0.3) is 0 Å². The van der Waals surface area contributed by atoms with Gasteiger partial charge < -0.3 is 11.5 Å². The molecule has 1 aromatic carbocycles. The van der Waals surface area contributed by atoms with Gasteiger partial charge in [0, 0.05) is 22.0 Å². The van der Waals surface area contributed by atoms with Crippen LogP contribution in [-0.2, 0) is 0 Å². The Labute approximate surface area is 136 Å². The van der Waals surface area contributed by atoms with E-state index in [9.17, 15) is 0 Å². The Kier molecular flexibility index (Phi) is 3.86. The summed E-state index contributed by atoms with van der Waals surface area (Å²) in [6.45, 7) is 0. The first-order chi connectivity index (χ1) is 11.0. The predicted octanol–water partition coefficient (Wildman–Crippen LogP) is 3.56. The molecule has 0 saturated carbocycles. The second kappa shape index (κ2) is 5.98. The van der Waals surface area contributed by atoms with Crippen molar-refractivity contribution < 1.29 is 0 Å². The molecule has 0 aliphatic heterocycles. The molecule has 2 aromatic heterocycles. The molecule has 0 amide bonds. The van der Waals surface area contributed by atoms with E-state index in [2.05, 4.69) is 20.2 Å². The van der Waals surface area contributed by atoms with Crippen LogP contribution in [0.1, 0.15) is 5.69 Å². The fourth-order valence-corrected chi connectivity index (χ4v) is 2.17. The molecule has 0 unspecified atom stereocenters. The number of nitrogens with one attached hydrogen (secondary N) is 1. The second-order valence-electron chi connectivity index (χ2n) is 4.74. The van der Waals surface area contributed by atoms with Crippen LogP contribution in [-0.4, -0.2) is 15.8 Å². The molecule has 5 N–H and O–H groups in total. The van der Waals surface area contributed by atoms with Crippen molar-refractivity contribution in [3.63, 3.8) is 0 Å². The Bertz CT molecular complexity index is 914. The fourth-order valence-electron chi connectivity index (χ4n) is 2.00. The first-order valence-electron chi connectivity index (χ1n) is 6.60. The van der Waals surface area contributed by atoms with Crippen LogP contribution in [0, 0.1) is 5.41 Å². The zero-order valence-corrected chi connectivity index (χ0v) is 12.6. The van der Waals surface area contributed by atoms with Crippen molar-refractivity contribution in [1.29, 1.82) is 5.41 Å². The van der Waals surface area contributed by atoms with Crippen molar-refractivity contribution in [2.45, 2.75) is 0 Å². The highest BCUT2D eigenvalue weighted by Crippen LogP contribution is 2.33. The number of nitrogens with zero attached hydrogens (tertiary/aromatic N) is 4. The minimum absolute atomic E-state index is 0.106.